The van der Waals surface area contributed by atoms with E-state index in [4.69, 9.17) is 28.9 Å². The van der Waals surface area contributed by atoms with Crippen molar-refractivity contribution in [3.8, 4) is 11.3 Å². The highest BCUT2D eigenvalue weighted by Crippen LogP contribution is 2.22. The standard InChI is InChI=1S/C16H12Cl2N4/c17-13-7-6-11(8-14(13)18)9-20-22-10-15(21-16(22)19)12-4-2-1-3-5-12/h1-10H,(H2,19,21)/b20-9+. The number of nitrogens with zero attached hydrogens (tertiary/aromatic N) is 3. The zero-order valence-corrected chi connectivity index (χ0v) is 13.0. The van der Waals surface area contributed by atoms with Crippen molar-refractivity contribution in [1.29, 1.82) is 0 Å². The lowest BCUT2D eigenvalue weighted by Gasteiger charge is -1.98. The molecular formula is C16H12Cl2N4. The molecule has 0 fully saturated rings. The summed E-state index contributed by atoms with van der Waals surface area (Å²) in [5.74, 6) is 0.315. The van der Waals surface area contributed by atoms with E-state index in [0.29, 0.717) is 16.0 Å². The van der Waals surface area contributed by atoms with Crippen molar-refractivity contribution < 1.29 is 0 Å². The first kappa shape index (κ1) is 14.6. The highest BCUT2D eigenvalue weighted by Gasteiger charge is 2.05. The lowest BCUT2D eigenvalue weighted by Crippen LogP contribution is -1.96. The Morgan fingerprint density at radius 1 is 1.05 bits per heavy atom. The fourth-order valence-corrected chi connectivity index (χ4v) is 2.25. The Bertz CT molecular complexity index is 825. The van der Waals surface area contributed by atoms with E-state index in [9.17, 15) is 0 Å². The molecule has 110 valence electrons. The van der Waals surface area contributed by atoms with Crippen LogP contribution in [0.15, 0.2) is 59.8 Å². The summed E-state index contributed by atoms with van der Waals surface area (Å²) < 4.78 is 1.52. The van der Waals surface area contributed by atoms with Crippen LogP contribution in [0.25, 0.3) is 11.3 Å². The van der Waals surface area contributed by atoms with Crippen LogP contribution in [0.4, 0.5) is 5.95 Å². The topological polar surface area (TPSA) is 56.2 Å². The van der Waals surface area contributed by atoms with E-state index < -0.39 is 0 Å². The van der Waals surface area contributed by atoms with E-state index in [1.807, 2.05) is 36.4 Å². The number of hydrogen-bond donors (Lipinski definition) is 1. The maximum absolute atomic E-state index is 5.97. The van der Waals surface area contributed by atoms with Crippen LogP contribution < -0.4 is 5.73 Å². The lowest BCUT2D eigenvalue weighted by molar-refractivity contribution is 0.898. The van der Waals surface area contributed by atoms with Crippen LogP contribution >= 0.6 is 23.2 Å². The second-order valence-electron chi connectivity index (χ2n) is 4.61. The van der Waals surface area contributed by atoms with Gasteiger partial charge in [0.1, 0.15) is 0 Å². The maximum Gasteiger partial charge on any atom is 0.221 e. The van der Waals surface area contributed by atoms with Crippen LogP contribution in [0.2, 0.25) is 10.0 Å². The number of halogens is 2. The van der Waals surface area contributed by atoms with Gasteiger partial charge >= 0.3 is 0 Å². The Morgan fingerprint density at radius 3 is 2.55 bits per heavy atom. The molecule has 22 heavy (non-hydrogen) atoms. The Labute approximate surface area is 137 Å². The summed E-state index contributed by atoms with van der Waals surface area (Å²) in [5, 5.41) is 5.28. The number of rotatable bonds is 3. The molecule has 0 aliphatic carbocycles. The predicted molar refractivity (Wildman–Crippen MR) is 91.5 cm³/mol. The van der Waals surface area contributed by atoms with Crippen LogP contribution in [0.1, 0.15) is 5.56 Å². The number of anilines is 1. The molecule has 2 aromatic carbocycles. The number of aromatic nitrogens is 2. The van der Waals surface area contributed by atoms with Crippen LogP contribution in [-0.2, 0) is 0 Å². The molecule has 6 heteroatoms. The number of nitrogen functional groups attached to an aromatic ring is 1. The van der Waals surface area contributed by atoms with Crippen molar-refractivity contribution in [3.05, 3.63) is 70.3 Å². The molecule has 3 aromatic rings. The number of imidazole rings is 1. The molecule has 0 amide bonds. The summed E-state index contributed by atoms with van der Waals surface area (Å²) in [6.45, 7) is 0. The van der Waals surface area contributed by atoms with Gasteiger partial charge in [0.05, 0.1) is 28.2 Å². The molecular weight excluding hydrogens is 319 g/mol. The monoisotopic (exact) mass is 330 g/mol. The first-order chi connectivity index (χ1) is 10.6. The third kappa shape index (κ3) is 3.13. The summed E-state index contributed by atoms with van der Waals surface area (Å²) in [5.41, 5.74) is 8.46. The second kappa shape index (κ2) is 6.22. The summed E-state index contributed by atoms with van der Waals surface area (Å²) in [6, 6.07) is 15.1. The van der Waals surface area contributed by atoms with E-state index in [0.717, 1.165) is 16.8 Å². The molecule has 0 aliphatic heterocycles. The average Bonchev–Trinajstić information content (AvgIpc) is 2.90. The summed E-state index contributed by atoms with van der Waals surface area (Å²) >= 11 is 11.9. The molecule has 4 nitrogen and oxygen atoms in total. The van der Waals surface area contributed by atoms with Gasteiger partial charge in [-0.3, -0.25) is 0 Å². The van der Waals surface area contributed by atoms with Gasteiger partial charge in [-0.1, -0.05) is 59.6 Å². The number of nitrogens with two attached hydrogens (primary N) is 1. The highest BCUT2D eigenvalue weighted by atomic mass is 35.5. The van der Waals surface area contributed by atoms with E-state index in [2.05, 4.69) is 10.1 Å². The minimum atomic E-state index is 0.315. The van der Waals surface area contributed by atoms with Gasteiger partial charge in [-0.2, -0.15) is 5.10 Å². The normalized spacial score (nSPS) is 11.2. The maximum atomic E-state index is 5.97. The Hall–Kier alpha value is -2.30. The fourth-order valence-electron chi connectivity index (χ4n) is 1.95. The number of hydrogen-bond acceptors (Lipinski definition) is 3. The Balaban J connectivity index is 1.88. The molecule has 0 unspecified atom stereocenters. The van der Waals surface area contributed by atoms with Crippen molar-refractivity contribution in [3.63, 3.8) is 0 Å². The second-order valence-corrected chi connectivity index (χ2v) is 5.43. The molecule has 1 heterocycles. The quantitative estimate of drug-likeness (QED) is 0.727. The summed E-state index contributed by atoms with van der Waals surface area (Å²) in [7, 11) is 0. The van der Waals surface area contributed by atoms with Gasteiger partial charge in [0.2, 0.25) is 5.95 Å². The molecule has 0 saturated heterocycles. The van der Waals surface area contributed by atoms with Crippen LogP contribution in [0.3, 0.4) is 0 Å². The molecule has 0 bridgehead atoms. The first-order valence-corrected chi connectivity index (χ1v) is 7.29. The van der Waals surface area contributed by atoms with E-state index >= 15 is 0 Å². The van der Waals surface area contributed by atoms with Crippen molar-refractivity contribution in [2.75, 3.05) is 5.73 Å². The summed E-state index contributed by atoms with van der Waals surface area (Å²) in [6.07, 6.45) is 3.42. The van der Waals surface area contributed by atoms with Gasteiger partial charge in [-0.25, -0.2) is 9.66 Å². The Kier molecular flexibility index (Phi) is 4.13. The van der Waals surface area contributed by atoms with Crippen LogP contribution in [-0.4, -0.2) is 15.9 Å². The number of benzene rings is 2. The van der Waals surface area contributed by atoms with Crippen LogP contribution in [0, 0.1) is 0 Å². The smallest absolute Gasteiger partial charge is 0.221 e. The van der Waals surface area contributed by atoms with Gasteiger partial charge in [-0.15, -0.1) is 0 Å². The van der Waals surface area contributed by atoms with Gasteiger partial charge in [0, 0.05) is 5.56 Å². The van der Waals surface area contributed by atoms with Gasteiger partial charge in [-0.05, 0) is 17.7 Å². The molecule has 1 aromatic heterocycles. The molecule has 3 rings (SSSR count). The summed E-state index contributed by atoms with van der Waals surface area (Å²) in [4.78, 5) is 4.30. The molecule has 0 saturated carbocycles. The van der Waals surface area contributed by atoms with Gasteiger partial charge in [0.25, 0.3) is 0 Å². The lowest BCUT2D eigenvalue weighted by atomic mass is 10.2. The molecule has 0 aliphatic rings. The van der Waals surface area contributed by atoms with Crippen molar-refractivity contribution in [2.24, 2.45) is 5.10 Å². The highest BCUT2D eigenvalue weighted by molar-refractivity contribution is 6.42. The minimum absolute atomic E-state index is 0.315. The third-order valence-corrected chi connectivity index (χ3v) is 3.80. The molecule has 0 atom stereocenters. The zero-order chi connectivity index (χ0) is 15.5. The van der Waals surface area contributed by atoms with Crippen molar-refractivity contribution in [2.45, 2.75) is 0 Å². The van der Waals surface area contributed by atoms with Crippen molar-refractivity contribution in [1.82, 2.24) is 9.66 Å². The average molecular weight is 331 g/mol. The van der Waals surface area contributed by atoms with E-state index in [1.54, 1.807) is 24.5 Å². The Morgan fingerprint density at radius 2 is 1.82 bits per heavy atom. The van der Waals surface area contributed by atoms with Gasteiger partial charge in [0.15, 0.2) is 0 Å². The van der Waals surface area contributed by atoms with Crippen LogP contribution in [0.5, 0.6) is 0 Å². The van der Waals surface area contributed by atoms with Crippen molar-refractivity contribution >= 4 is 35.4 Å². The SMILES string of the molecule is Nc1nc(-c2ccccc2)cn1/N=C/c1ccc(Cl)c(Cl)c1. The largest absolute Gasteiger partial charge is 0.368 e. The fraction of sp³-hybridized carbons (Fsp3) is 0. The molecule has 2 N–H and O–H groups in total. The molecule has 0 radical (unpaired) electrons. The zero-order valence-electron chi connectivity index (χ0n) is 11.4. The third-order valence-electron chi connectivity index (χ3n) is 3.06. The van der Waals surface area contributed by atoms with E-state index in [-0.39, 0.29) is 0 Å². The molecule has 0 spiro atoms. The van der Waals surface area contributed by atoms with Gasteiger partial charge < -0.3 is 5.73 Å². The minimum Gasteiger partial charge on any atom is -0.368 e. The first-order valence-electron chi connectivity index (χ1n) is 6.53. The predicted octanol–water partition coefficient (Wildman–Crippen LogP) is 4.32. The van der Waals surface area contributed by atoms with E-state index in [1.165, 1.54) is 4.68 Å².